The first-order chi connectivity index (χ1) is 14.6. The molecule has 2 heterocycles. The Morgan fingerprint density at radius 2 is 2.03 bits per heavy atom. The number of methoxy groups -OCH3 is 2. The maximum Gasteiger partial charge on any atom is 0.258 e. The molecule has 2 aromatic carbocycles. The fourth-order valence-corrected chi connectivity index (χ4v) is 4.10. The predicted octanol–water partition coefficient (Wildman–Crippen LogP) is 3.24. The molecule has 7 heteroatoms. The number of nitrogens with one attached hydrogen (secondary N) is 1. The van der Waals surface area contributed by atoms with Gasteiger partial charge in [-0.15, -0.1) is 0 Å². The SMILES string of the molecule is COc1ccc(C2CCCN2C(=O)CCc2nc3ccccc3c(=O)[nH]2)c(OC)c1. The van der Waals surface area contributed by atoms with Crippen molar-refractivity contribution in [2.75, 3.05) is 20.8 Å². The summed E-state index contributed by atoms with van der Waals surface area (Å²) in [6.07, 6.45) is 2.51. The van der Waals surface area contributed by atoms with Crippen molar-refractivity contribution in [3.8, 4) is 11.5 Å². The summed E-state index contributed by atoms with van der Waals surface area (Å²) < 4.78 is 10.8. The highest BCUT2D eigenvalue weighted by atomic mass is 16.5. The van der Waals surface area contributed by atoms with Gasteiger partial charge in [-0.25, -0.2) is 4.98 Å². The Hall–Kier alpha value is -3.35. The minimum atomic E-state index is -0.176. The normalized spacial score (nSPS) is 16.1. The Bertz CT molecular complexity index is 1120. The Kier molecular flexibility index (Phi) is 5.70. The number of carbonyl (C=O) groups is 1. The Morgan fingerprint density at radius 3 is 2.83 bits per heavy atom. The van der Waals surface area contributed by atoms with Gasteiger partial charge in [0.2, 0.25) is 5.91 Å². The van der Waals surface area contributed by atoms with Crippen LogP contribution in [0.5, 0.6) is 11.5 Å². The summed E-state index contributed by atoms with van der Waals surface area (Å²) in [5.74, 6) is 2.02. The van der Waals surface area contributed by atoms with Crippen LogP contribution in [0.4, 0.5) is 0 Å². The number of likely N-dealkylation sites (tertiary alicyclic amines) is 1. The topological polar surface area (TPSA) is 84.5 Å². The van der Waals surface area contributed by atoms with Crippen molar-refractivity contribution >= 4 is 16.8 Å². The number of rotatable bonds is 6. The molecule has 7 nitrogen and oxygen atoms in total. The molecule has 0 radical (unpaired) electrons. The molecule has 0 spiro atoms. The zero-order valence-electron chi connectivity index (χ0n) is 17.2. The number of para-hydroxylation sites is 1. The molecule has 1 unspecified atom stereocenters. The third-order valence-corrected chi connectivity index (χ3v) is 5.61. The van der Waals surface area contributed by atoms with Crippen molar-refractivity contribution in [3.05, 3.63) is 64.2 Å². The maximum atomic E-state index is 13.0. The van der Waals surface area contributed by atoms with Gasteiger partial charge < -0.3 is 19.4 Å². The average Bonchev–Trinajstić information content (AvgIpc) is 3.27. The monoisotopic (exact) mass is 407 g/mol. The summed E-state index contributed by atoms with van der Waals surface area (Å²) in [5.41, 5.74) is 1.46. The smallest absolute Gasteiger partial charge is 0.258 e. The molecule has 1 N–H and O–H groups in total. The number of hydrogen-bond donors (Lipinski definition) is 1. The second kappa shape index (κ2) is 8.57. The van der Waals surface area contributed by atoms with Crippen LogP contribution >= 0.6 is 0 Å². The van der Waals surface area contributed by atoms with Gasteiger partial charge in [0, 0.05) is 31.0 Å². The number of amides is 1. The number of aromatic amines is 1. The molecule has 1 aromatic heterocycles. The highest BCUT2D eigenvalue weighted by Gasteiger charge is 2.31. The number of benzene rings is 2. The van der Waals surface area contributed by atoms with Gasteiger partial charge >= 0.3 is 0 Å². The van der Waals surface area contributed by atoms with Crippen molar-refractivity contribution in [3.63, 3.8) is 0 Å². The number of ether oxygens (including phenoxy) is 2. The Labute approximate surface area is 174 Å². The average molecular weight is 407 g/mol. The summed E-state index contributed by atoms with van der Waals surface area (Å²) in [6, 6.07) is 12.9. The summed E-state index contributed by atoms with van der Waals surface area (Å²) in [6.45, 7) is 0.709. The molecule has 1 fully saturated rings. The summed E-state index contributed by atoms with van der Waals surface area (Å²) in [7, 11) is 3.24. The summed E-state index contributed by atoms with van der Waals surface area (Å²) >= 11 is 0. The standard InChI is InChI=1S/C23H25N3O4/c1-29-15-9-10-17(20(14-15)30-2)19-8-5-13-26(19)22(27)12-11-21-24-18-7-4-3-6-16(18)23(28)25-21/h3-4,6-7,9-10,14,19H,5,8,11-13H2,1-2H3,(H,24,25,28). The van der Waals surface area contributed by atoms with E-state index in [-0.39, 0.29) is 23.9 Å². The molecule has 156 valence electrons. The van der Waals surface area contributed by atoms with Crippen LogP contribution in [-0.2, 0) is 11.2 Å². The predicted molar refractivity (Wildman–Crippen MR) is 114 cm³/mol. The van der Waals surface area contributed by atoms with Crippen LogP contribution in [0.1, 0.15) is 36.7 Å². The van der Waals surface area contributed by atoms with E-state index in [0.717, 1.165) is 29.9 Å². The molecule has 3 aromatic rings. The molecule has 30 heavy (non-hydrogen) atoms. The van der Waals surface area contributed by atoms with Gasteiger partial charge in [0.25, 0.3) is 5.56 Å². The third kappa shape index (κ3) is 3.87. The van der Waals surface area contributed by atoms with E-state index in [1.54, 1.807) is 20.3 Å². The molecular weight excluding hydrogens is 382 g/mol. The zero-order valence-corrected chi connectivity index (χ0v) is 17.2. The number of fused-ring (bicyclic) bond motifs is 1. The first-order valence-electron chi connectivity index (χ1n) is 10.1. The van der Waals surface area contributed by atoms with Crippen molar-refractivity contribution < 1.29 is 14.3 Å². The van der Waals surface area contributed by atoms with Gasteiger partial charge in [-0.05, 0) is 37.1 Å². The number of nitrogens with zero attached hydrogens (tertiary/aromatic N) is 2. The number of H-pyrrole nitrogens is 1. The highest BCUT2D eigenvalue weighted by Crippen LogP contribution is 2.39. The van der Waals surface area contributed by atoms with E-state index < -0.39 is 0 Å². The molecule has 1 aliphatic heterocycles. The minimum Gasteiger partial charge on any atom is -0.497 e. The fourth-order valence-electron chi connectivity index (χ4n) is 4.10. The third-order valence-electron chi connectivity index (χ3n) is 5.61. The van der Waals surface area contributed by atoms with Crippen molar-refractivity contribution in [1.82, 2.24) is 14.9 Å². The van der Waals surface area contributed by atoms with Gasteiger partial charge in [0.05, 0.1) is 31.2 Å². The highest BCUT2D eigenvalue weighted by molar-refractivity contribution is 5.78. The van der Waals surface area contributed by atoms with Crippen LogP contribution in [0.2, 0.25) is 0 Å². The van der Waals surface area contributed by atoms with Crippen LogP contribution in [0.25, 0.3) is 10.9 Å². The molecule has 4 rings (SSSR count). The van der Waals surface area contributed by atoms with Crippen LogP contribution in [0.15, 0.2) is 47.3 Å². The van der Waals surface area contributed by atoms with Gasteiger partial charge in [0.1, 0.15) is 17.3 Å². The number of carbonyl (C=O) groups excluding carboxylic acids is 1. The quantitative estimate of drug-likeness (QED) is 0.678. The largest absolute Gasteiger partial charge is 0.497 e. The van der Waals surface area contributed by atoms with Gasteiger partial charge in [-0.1, -0.05) is 12.1 Å². The van der Waals surface area contributed by atoms with E-state index in [9.17, 15) is 9.59 Å². The second-order valence-corrected chi connectivity index (χ2v) is 7.38. The molecule has 1 amide bonds. The number of aromatic nitrogens is 2. The molecule has 1 saturated heterocycles. The van der Waals surface area contributed by atoms with Crippen LogP contribution < -0.4 is 15.0 Å². The summed E-state index contributed by atoms with van der Waals surface area (Å²) in [4.78, 5) is 34.5. The lowest BCUT2D eigenvalue weighted by Gasteiger charge is -2.26. The van der Waals surface area contributed by atoms with Crippen molar-refractivity contribution in [1.29, 1.82) is 0 Å². The zero-order chi connectivity index (χ0) is 21.1. The minimum absolute atomic E-state index is 0.0260. The van der Waals surface area contributed by atoms with Gasteiger partial charge in [-0.3, -0.25) is 9.59 Å². The van der Waals surface area contributed by atoms with E-state index in [1.807, 2.05) is 41.3 Å². The maximum absolute atomic E-state index is 13.0. The molecular formula is C23H25N3O4. The molecule has 0 aliphatic carbocycles. The first-order valence-corrected chi connectivity index (χ1v) is 10.1. The molecule has 0 bridgehead atoms. The van der Waals surface area contributed by atoms with Crippen LogP contribution in [0.3, 0.4) is 0 Å². The molecule has 0 saturated carbocycles. The van der Waals surface area contributed by atoms with Crippen LogP contribution in [-0.4, -0.2) is 41.5 Å². The fraction of sp³-hybridized carbons (Fsp3) is 0.348. The van der Waals surface area contributed by atoms with Crippen molar-refractivity contribution in [2.24, 2.45) is 0 Å². The van der Waals surface area contributed by atoms with Crippen LogP contribution in [0, 0.1) is 0 Å². The second-order valence-electron chi connectivity index (χ2n) is 7.38. The lowest BCUT2D eigenvalue weighted by molar-refractivity contribution is -0.132. The lowest BCUT2D eigenvalue weighted by Crippen LogP contribution is -2.31. The molecule has 1 atom stereocenters. The Balaban J connectivity index is 1.50. The van der Waals surface area contributed by atoms with E-state index in [1.165, 1.54) is 0 Å². The van der Waals surface area contributed by atoms with E-state index in [0.29, 0.717) is 29.7 Å². The van der Waals surface area contributed by atoms with Crippen molar-refractivity contribution in [2.45, 2.75) is 31.7 Å². The lowest BCUT2D eigenvalue weighted by atomic mass is 10.0. The van der Waals surface area contributed by atoms with Gasteiger partial charge in [0.15, 0.2) is 0 Å². The number of hydrogen-bond acceptors (Lipinski definition) is 5. The number of aryl methyl sites for hydroxylation is 1. The summed E-state index contributed by atoms with van der Waals surface area (Å²) in [5, 5.41) is 0.554. The first kappa shape index (κ1) is 19.9. The van der Waals surface area contributed by atoms with E-state index >= 15 is 0 Å². The molecule has 1 aliphatic rings. The van der Waals surface area contributed by atoms with E-state index in [4.69, 9.17) is 9.47 Å². The van der Waals surface area contributed by atoms with E-state index in [2.05, 4.69) is 9.97 Å². The van der Waals surface area contributed by atoms with Gasteiger partial charge in [-0.2, -0.15) is 0 Å². The Morgan fingerprint density at radius 1 is 1.20 bits per heavy atom.